The molecule has 2 rings (SSSR count). The highest BCUT2D eigenvalue weighted by Gasteiger charge is 2.18. The van der Waals surface area contributed by atoms with Crippen molar-refractivity contribution in [3.8, 4) is 0 Å². The Hall–Kier alpha value is -2.39. The molecule has 1 atom stereocenters. The first kappa shape index (κ1) is 14.0. The van der Waals surface area contributed by atoms with E-state index in [1.54, 1.807) is 30.3 Å². The van der Waals surface area contributed by atoms with Crippen LogP contribution in [-0.4, -0.2) is 22.2 Å². The standard InChI is InChI=1S/C14H11O5P/c15-13(16)11-7-6-10(8-12(11)14(17)18)20(19)9-4-2-1-3-5-9/h1-8,20H,(H,15,16)(H,17,18). The minimum atomic E-state index is -2.35. The molecule has 0 fully saturated rings. The van der Waals surface area contributed by atoms with E-state index >= 15 is 0 Å². The van der Waals surface area contributed by atoms with Crippen LogP contribution in [-0.2, 0) is 4.57 Å². The Morgan fingerprint density at radius 3 is 1.95 bits per heavy atom. The van der Waals surface area contributed by atoms with Gasteiger partial charge in [0.25, 0.3) is 0 Å². The molecule has 102 valence electrons. The van der Waals surface area contributed by atoms with E-state index in [1.807, 2.05) is 0 Å². The van der Waals surface area contributed by atoms with E-state index in [2.05, 4.69) is 0 Å². The third-order valence-corrected chi connectivity index (χ3v) is 4.47. The molecule has 2 aromatic rings. The second-order valence-electron chi connectivity index (χ2n) is 4.07. The summed E-state index contributed by atoms with van der Waals surface area (Å²) >= 11 is 0. The lowest BCUT2D eigenvalue weighted by molar-refractivity contribution is 0.0651. The van der Waals surface area contributed by atoms with Crippen molar-refractivity contribution < 1.29 is 24.4 Å². The average molecular weight is 290 g/mol. The molecule has 0 bridgehead atoms. The van der Waals surface area contributed by atoms with Crippen LogP contribution < -0.4 is 10.6 Å². The maximum atomic E-state index is 12.3. The van der Waals surface area contributed by atoms with Gasteiger partial charge in [0.1, 0.15) is 7.80 Å². The summed E-state index contributed by atoms with van der Waals surface area (Å²) in [7, 11) is -2.35. The summed E-state index contributed by atoms with van der Waals surface area (Å²) in [5.41, 5.74) is -0.673. The molecule has 0 aliphatic heterocycles. The molecule has 2 N–H and O–H groups in total. The highest BCUT2D eigenvalue weighted by Crippen LogP contribution is 2.21. The van der Waals surface area contributed by atoms with Crippen molar-refractivity contribution in [1.29, 1.82) is 0 Å². The number of carboxylic acid groups (broad SMARTS) is 2. The first-order valence-corrected chi connectivity index (χ1v) is 7.12. The molecular weight excluding hydrogens is 279 g/mol. The largest absolute Gasteiger partial charge is 0.478 e. The molecule has 0 amide bonds. The van der Waals surface area contributed by atoms with Crippen molar-refractivity contribution in [1.82, 2.24) is 0 Å². The van der Waals surface area contributed by atoms with Gasteiger partial charge in [0.15, 0.2) is 0 Å². The monoisotopic (exact) mass is 290 g/mol. The van der Waals surface area contributed by atoms with Gasteiger partial charge in [-0.2, -0.15) is 0 Å². The SMILES string of the molecule is O=C(O)c1ccc([PH](=O)c2ccccc2)cc1C(=O)O. The van der Waals surface area contributed by atoms with Crippen molar-refractivity contribution >= 4 is 30.3 Å². The minimum absolute atomic E-state index is 0.316. The summed E-state index contributed by atoms with van der Waals surface area (Å²) in [6.45, 7) is 0. The van der Waals surface area contributed by atoms with Crippen LogP contribution in [0.2, 0.25) is 0 Å². The molecule has 0 radical (unpaired) electrons. The van der Waals surface area contributed by atoms with Crippen molar-refractivity contribution in [3.63, 3.8) is 0 Å². The third kappa shape index (κ3) is 2.78. The van der Waals surface area contributed by atoms with Crippen LogP contribution in [0.15, 0.2) is 48.5 Å². The Kier molecular flexibility index (Phi) is 4.01. The number of aromatic carboxylic acids is 2. The van der Waals surface area contributed by atoms with Crippen LogP contribution in [0, 0.1) is 0 Å². The molecule has 0 heterocycles. The fraction of sp³-hybridized carbons (Fsp3) is 0. The number of benzene rings is 2. The zero-order valence-corrected chi connectivity index (χ0v) is 11.2. The van der Waals surface area contributed by atoms with Crippen LogP contribution in [0.1, 0.15) is 20.7 Å². The summed E-state index contributed by atoms with van der Waals surface area (Å²) in [6, 6.07) is 12.4. The van der Waals surface area contributed by atoms with E-state index < -0.39 is 19.7 Å². The first-order chi connectivity index (χ1) is 9.50. The van der Waals surface area contributed by atoms with E-state index in [0.29, 0.717) is 10.6 Å². The molecule has 0 spiro atoms. The van der Waals surface area contributed by atoms with Crippen LogP contribution in [0.4, 0.5) is 0 Å². The smallest absolute Gasteiger partial charge is 0.336 e. The first-order valence-electron chi connectivity index (χ1n) is 5.71. The molecule has 0 aromatic heterocycles. The number of hydrogen-bond acceptors (Lipinski definition) is 3. The molecule has 1 unspecified atom stereocenters. The fourth-order valence-electron chi connectivity index (χ4n) is 1.81. The van der Waals surface area contributed by atoms with Crippen molar-refractivity contribution in [2.24, 2.45) is 0 Å². The van der Waals surface area contributed by atoms with Gasteiger partial charge in [0.05, 0.1) is 11.1 Å². The van der Waals surface area contributed by atoms with Crippen molar-refractivity contribution in [2.45, 2.75) is 0 Å². The predicted molar refractivity (Wildman–Crippen MR) is 75.1 cm³/mol. The lowest BCUT2D eigenvalue weighted by Crippen LogP contribution is -2.14. The molecule has 0 aliphatic rings. The van der Waals surface area contributed by atoms with Crippen LogP contribution in [0.5, 0.6) is 0 Å². The highest BCUT2D eigenvalue weighted by atomic mass is 31.1. The van der Waals surface area contributed by atoms with E-state index in [-0.39, 0.29) is 11.1 Å². The van der Waals surface area contributed by atoms with Crippen LogP contribution >= 0.6 is 7.80 Å². The number of carbonyl (C=O) groups is 2. The lowest BCUT2D eigenvalue weighted by atomic mass is 10.1. The molecule has 0 aliphatic carbocycles. The average Bonchev–Trinajstić information content (AvgIpc) is 2.46. The third-order valence-electron chi connectivity index (χ3n) is 2.78. The van der Waals surface area contributed by atoms with Gasteiger partial charge < -0.3 is 14.8 Å². The van der Waals surface area contributed by atoms with Gasteiger partial charge in [0.2, 0.25) is 0 Å². The van der Waals surface area contributed by atoms with Crippen molar-refractivity contribution in [3.05, 3.63) is 59.7 Å². The minimum Gasteiger partial charge on any atom is -0.478 e. The zero-order valence-electron chi connectivity index (χ0n) is 10.2. The Labute approximate surface area is 115 Å². The molecule has 6 heteroatoms. The Morgan fingerprint density at radius 2 is 1.40 bits per heavy atom. The van der Waals surface area contributed by atoms with Crippen LogP contribution in [0.3, 0.4) is 0 Å². The Morgan fingerprint density at radius 1 is 0.800 bits per heavy atom. The van der Waals surface area contributed by atoms with Gasteiger partial charge >= 0.3 is 11.9 Å². The Balaban J connectivity index is 2.49. The highest BCUT2D eigenvalue weighted by molar-refractivity contribution is 7.61. The fourth-order valence-corrected chi connectivity index (χ4v) is 3.14. The van der Waals surface area contributed by atoms with E-state index in [1.165, 1.54) is 18.2 Å². The molecule has 0 saturated carbocycles. The van der Waals surface area contributed by atoms with Crippen LogP contribution in [0.25, 0.3) is 0 Å². The quantitative estimate of drug-likeness (QED) is 0.834. The number of hydrogen-bond donors (Lipinski definition) is 2. The lowest BCUT2D eigenvalue weighted by Gasteiger charge is -2.06. The number of carboxylic acids is 2. The van der Waals surface area contributed by atoms with Gasteiger partial charge in [-0.15, -0.1) is 0 Å². The van der Waals surface area contributed by atoms with Gasteiger partial charge in [0, 0.05) is 10.6 Å². The van der Waals surface area contributed by atoms with E-state index in [9.17, 15) is 14.2 Å². The summed E-state index contributed by atoms with van der Waals surface area (Å²) in [4.78, 5) is 22.0. The normalized spacial score (nSPS) is 11.8. The summed E-state index contributed by atoms with van der Waals surface area (Å²) < 4.78 is 12.3. The molecule has 20 heavy (non-hydrogen) atoms. The molecule has 0 saturated heterocycles. The Bertz CT molecular complexity index is 694. The van der Waals surface area contributed by atoms with Gasteiger partial charge in [-0.25, -0.2) is 9.59 Å². The predicted octanol–water partition coefficient (Wildman–Crippen LogP) is 1.59. The summed E-state index contributed by atoms with van der Waals surface area (Å²) in [5, 5.41) is 18.9. The van der Waals surface area contributed by atoms with E-state index in [0.717, 1.165) is 0 Å². The molecule has 5 nitrogen and oxygen atoms in total. The van der Waals surface area contributed by atoms with E-state index in [4.69, 9.17) is 10.2 Å². The topological polar surface area (TPSA) is 91.7 Å². The van der Waals surface area contributed by atoms with Gasteiger partial charge in [-0.3, -0.25) is 0 Å². The van der Waals surface area contributed by atoms with Crippen molar-refractivity contribution in [2.75, 3.05) is 0 Å². The maximum absolute atomic E-state index is 12.3. The van der Waals surface area contributed by atoms with Gasteiger partial charge in [-0.1, -0.05) is 36.4 Å². The molecule has 2 aromatic carbocycles. The second kappa shape index (κ2) is 5.72. The zero-order chi connectivity index (χ0) is 14.7. The second-order valence-corrected chi connectivity index (χ2v) is 5.88. The maximum Gasteiger partial charge on any atom is 0.336 e. The number of rotatable bonds is 4. The molecular formula is C14H11O5P. The summed E-state index contributed by atoms with van der Waals surface area (Å²) in [6.07, 6.45) is 0. The summed E-state index contributed by atoms with van der Waals surface area (Å²) in [5.74, 6) is -2.68. The van der Waals surface area contributed by atoms with Gasteiger partial charge in [-0.05, 0) is 12.1 Å².